The summed E-state index contributed by atoms with van der Waals surface area (Å²) in [4.78, 5) is 12.3. The van der Waals surface area contributed by atoms with Crippen molar-refractivity contribution in [3.8, 4) is 11.4 Å². The molecule has 1 amide bonds. The van der Waals surface area contributed by atoms with Crippen molar-refractivity contribution in [1.29, 1.82) is 0 Å². The molecule has 0 saturated heterocycles. The van der Waals surface area contributed by atoms with Crippen molar-refractivity contribution in [3.05, 3.63) is 59.4 Å². The van der Waals surface area contributed by atoms with E-state index in [1.807, 2.05) is 4.57 Å². The molecule has 2 aromatic carbocycles. The number of hydrogen-bond donors (Lipinski definition) is 1. The third kappa shape index (κ3) is 3.99. The minimum Gasteiger partial charge on any atom is -0.324 e. The second kappa shape index (κ2) is 7.70. The number of aromatic nitrogens is 3. The lowest BCUT2D eigenvalue weighted by atomic mass is 10.2. The first-order chi connectivity index (χ1) is 13.1. The smallest absolute Gasteiger partial charge is 0.234 e. The molecule has 0 radical (unpaired) electrons. The van der Waals surface area contributed by atoms with Gasteiger partial charge in [0.2, 0.25) is 5.91 Å². The number of thioether (sulfide) groups is 1. The van der Waals surface area contributed by atoms with E-state index in [2.05, 4.69) is 15.5 Å². The second-order valence-corrected chi connectivity index (χ2v) is 7.55. The zero-order valence-electron chi connectivity index (χ0n) is 14.2. The van der Waals surface area contributed by atoms with Crippen molar-refractivity contribution in [2.75, 3.05) is 11.1 Å². The Hall–Kier alpha value is -2.38. The largest absolute Gasteiger partial charge is 0.324 e. The number of para-hydroxylation sites is 1. The van der Waals surface area contributed by atoms with Crippen molar-refractivity contribution in [1.82, 2.24) is 14.8 Å². The number of carbonyl (C=O) groups is 1. The molecule has 1 aromatic heterocycles. The van der Waals surface area contributed by atoms with Gasteiger partial charge in [0.1, 0.15) is 5.82 Å². The number of nitrogens with one attached hydrogen (secondary N) is 1. The first-order valence-electron chi connectivity index (χ1n) is 8.50. The van der Waals surface area contributed by atoms with E-state index in [-0.39, 0.29) is 23.5 Å². The molecule has 3 aromatic rings. The summed E-state index contributed by atoms with van der Waals surface area (Å²) in [6, 6.07) is 13.8. The van der Waals surface area contributed by atoms with E-state index < -0.39 is 0 Å². The van der Waals surface area contributed by atoms with Crippen LogP contribution in [0.1, 0.15) is 18.9 Å². The van der Waals surface area contributed by atoms with Crippen LogP contribution < -0.4 is 5.32 Å². The summed E-state index contributed by atoms with van der Waals surface area (Å²) in [5.74, 6) is 0.142. The fourth-order valence-electron chi connectivity index (χ4n) is 2.74. The zero-order valence-corrected chi connectivity index (χ0v) is 15.8. The van der Waals surface area contributed by atoms with Gasteiger partial charge in [0.05, 0.1) is 22.0 Å². The first-order valence-corrected chi connectivity index (χ1v) is 9.87. The topological polar surface area (TPSA) is 59.8 Å². The fraction of sp³-hybridized carbons (Fsp3) is 0.211. The van der Waals surface area contributed by atoms with Gasteiger partial charge in [0, 0.05) is 6.04 Å². The molecule has 1 aliphatic rings. The summed E-state index contributed by atoms with van der Waals surface area (Å²) < 4.78 is 16.1. The zero-order chi connectivity index (χ0) is 18.8. The predicted octanol–water partition coefficient (Wildman–Crippen LogP) is 4.80. The van der Waals surface area contributed by atoms with E-state index in [1.54, 1.807) is 42.5 Å². The van der Waals surface area contributed by atoms with Gasteiger partial charge < -0.3 is 5.32 Å². The van der Waals surface area contributed by atoms with Crippen LogP contribution in [0.5, 0.6) is 0 Å². The van der Waals surface area contributed by atoms with Gasteiger partial charge in [-0.2, -0.15) is 0 Å². The molecule has 1 fully saturated rings. The first kappa shape index (κ1) is 18.0. The van der Waals surface area contributed by atoms with Crippen LogP contribution in [0.25, 0.3) is 11.4 Å². The highest BCUT2D eigenvalue weighted by Crippen LogP contribution is 2.41. The Labute approximate surface area is 164 Å². The van der Waals surface area contributed by atoms with E-state index in [0.29, 0.717) is 27.3 Å². The monoisotopic (exact) mass is 402 g/mol. The van der Waals surface area contributed by atoms with Gasteiger partial charge >= 0.3 is 0 Å². The average Bonchev–Trinajstić information content (AvgIpc) is 3.42. The molecule has 0 unspecified atom stereocenters. The lowest BCUT2D eigenvalue weighted by Gasteiger charge is -2.10. The number of anilines is 1. The van der Waals surface area contributed by atoms with Crippen LogP contribution in [0.2, 0.25) is 5.02 Å². The van der Waals surface area contributed by atoms with Gasteiger partial charge in [-0.05, 0) is 37.1 Å². The molecule has 0 atom stereocenters. The lowest BCUT2D eigenvalue weighted by molar-refractivity contribution is -0.113. The quantitative estimate of drug-likeness (QED) is 0.601. The summed E-state index contributed by atoms with van der Waals surface area (Å²) in [5, 5.41) is 12.3. The molecule has 0 spiro atoms. The normalized spacial score (nSPS) is 13.6. The third-order valence-corrected chi connectivity index (χ3v) is 5.44. The maximum atomic E-state index is 14.2. The van der Waals surface area contributed by atoms with Gasteiger partial charge in [0.15, 0.2) is 11.0 Å². The molecule has 1 saturated carbocycles. The third-order valence-electron chi connectivity index (χ3n) is 4.17. The molecule has 5 nitrogen and oxygen atoms in total. The van der Waals surface area contributed by atoms with E-state index in [4.69, 9.17) is 11.6 Å². The summed E-state index contributed by atoms with van der Waals surface area (Å²) in [6.07, 6.45) is 2.00. The molecule has 1 aliphatic carbocycles. The van der Waals surface area contributed by atoms with Crippen LogP contribution in [0.3, 0.4) is 0 Å². The van der Waals surface area contributed by atoms with E-state index in [9.17, 15) is 9.18 Å². The van der Waals surface area contributed by atoms with Crippen LogP contribution in [0, 0.1) is 5.82 Å². The van der Waals surface area contributed by atoms with Crippen molar-refractivity contribution in [3.63, 3.8) is 0 Å². The van der Waals surface area contributed by atoms with E-state index in [1.165, 1.54) is 17.8 Å². The maximum Gasteiger partial charge on any atom is 0.234 e. The van der Waals surface area contributed by atoms with Crippen LogP contribution in [-0.4, -0.2) is 26.4 Å². The Morgan fingerprint density at radius 3 is 2.67 bits per heavy atom. The van der Waals surface area contributed by atoms with Gasteiger partial charge in [0.25, 0.3) is 0 Å². The Bertz CT molecular complexity index is 989. The number of hydrogen-bond acceptors (Lipinski definition) is 4. The van der Waals surface area contributed by atoms with Crippen LogP contribution in [0.15, 0.2) is 53.7 Å². The number of amides is 1. The minimum atomic E-state index is -0.334. The lowest BCUT2D eigenvalue weighted by Crippen LogP contribution is -2.15. The highest BCUT2D eigenvalue weighted by Gasteiger charge is 2.31. The Balaban J connectivity index is 1.51. The highest BCUT2D eigenvalue weighted by atomic mass is 35.5. The summed E-state index contributed by atoms with van der Waals surface area (Å²) in [7, 11) is 0. The Kier molecular flexibility index (Phi) is 5.13. The van der Waals surface area contributed by atoms with Gasteiger partial charge in [-0.3, -0.25) is 9.36 Å². The van der Waals surface area contributed by atoms with Crippen LogP contribution in [0.4, 0.5) is 10.1 Å². The fourth-order valence-corrected chi connectivity index (χ4v) is 3.73. The standard InChI is InChI=1S/C19H16ClFN4OS/c20-14-6-2-4-8-16(14)22-17(26)11-27-19-24-23-18(25(19)12-9-10-12)13-5-1-3-7-15(13)21/h1-8,12H,9-11H2,(H,22,26). The predicted molar refractivity (Wildman–Crippen MR) is 104 cm³/mol. The number of halogens is 2. The molecular weight excluding hydrogens is 387 g/mol. The highest BCUT2D eigenvalue weighted by molar-refractivity contribution is 7.99. The summed E-state index contributed by atoms with van der Waals surface area (Å²) >= 11 is 7.34. The molecule has 27 heavy (non-hydrogen) atoms. The van der Waals surface area contributed by atoms with Gasteiger partial charge in [-0.25, -0.2) is 4.39 Å². The molecular formula is C19H16ClFN4OS. The Morgan fingerprint density at radius 2 is 1.93 bits per heavy atom. The summed E-state index contributed by atoms with van der Waals surface area (Å²) in [6.45, 7) is 0. The van der Waals surface area contributed by atoms with Crippen molar-refractivity contribution >= 4 is 35.0 Å². The minimum absolute atomic E-state index is 0.160. The van der Waals surface area contributed by atoms with Crippen LogP contribution >= 0.6 is 23.4 Å². The van der Waals surface area contributed by atoms with Crippen LogP contribution in [-0.2, 0) is 4.79 Å². The maximum absolute atomic E-state index is 14.2. The number of carbonyl (C=O) groups excluding carboxylic acids is 1. The van der Waals surface area contributed by atoms with E-state index >= 15 is 0 Å². The molecule has 4 rings (SSSR count). The van der Waals surface area contributed by atoms with Gasteiger partial charge in [-0.15, -0.1) is 10.2 Å². The summed E-state index contributed by atoms with van der Waals surface area (Å²) in [5.41, 5.74) is 0.991. The number of benzene rings is 2. The van der Waals surface area contributed by atoms with Gasteiger partial charge in [-0.1, -0.05) is 47.6 Å². The molecule has 0 aliphatic heterocycles. The number of rotatable bonds is 6. The molecule has 8 heteroatoms. The SMILES string of the molecule is O=C(CSc1nnc(-c2ccccc2F)n1C1CC1)Nc1ccccc1Cl. The molecule has 138 valence electrons. The van der Waals surface area contributed by atoms with E-state index in [0.717, 1.165) is 12.8 Å². The molecule has 0 bridgehead atoms. The number of nitrogens with zero attached hydrogens (tertiary/aromatic N) is 3. The Morgan fingerprint density at radius 1 is 1.19 bits per heavy atom. The second-order valence-electron chi connectivity index (χ2n) is 6.20. The van der Waals surface area contributed by atoms with Crippen molar-refractivity contribution in [2.45, 2.75) is 24.0 Å². The molecule has 1 heterocycles. The molecule has 1 N–H and O–H groups in total. The van der Waals surface area contributed by atoms with Crippen molar-refractivity contribution in [2.24, 2.45) is 0 Å². The van der Waals surface area contributed by atoms with Crippen molar-refractivity contribution < 1.29 is 9.18 Å². The average molecular weight is 403 g/mol.